The van der Waals surface area contributed by atoms with Crippen LogP contribution >= 0.6 is 11.3 Å². The van der Waals surface area contributed by atoms with Gasteiger partial charge in [0.1, 0.15) is 5.75 Å². The Hall–Kier alpha value is -2.41. The zero-order valence-corrected chi connectivity index (χ0v) is 14.9. The van der Waals surface area contributed by atoms with E-state index in [1.165, 1.54) is 11.3 Å². The van der Waals surface area contributed by atoms with Crippen LogP contribution in [0.1, 0.15) is 37.9 Å². The first-order valence-corrected chi connectivity index (χ1v) is 8.71. The summed E-state index contributed by atoms with van der Waals surface area (Å²) >= 11 is 1.48. The molecule has 0 saturated carbocycles. The van der Waals surface area contributed by atoms with E-state index in [2.05, 4.69) is 29.2 Å². The lowest BCUT2D eigenvalue weighted by molar-refractivity contribution is -0.122. The maximum absolute atomic E-state index is 12.4. The molecule has 0 radical (unpaired) electrons. The molecule has 7 heteroatoms. The Bertz CT molecular complexity index is 868. The molecule has 0 aliphatic carbocycles. The van der Waals surface area contributed by atoms with Gasteiger partial charge in [-0.05, 0) is 31.4 Å². The van der Waals surface area contributed by atoms with E-state index in [-0.39, 0.29) is 5.91 Å². The number of nitrogens with zero attached hydrogens (tertiary/aromatic N) is 3. The summed E-state index contributed by atoms with van der Waals surface area (Å²) in [5, 5.41) is 8.96. The first-order chi connectivity index (χ1) is 11.5. The molecule has 1 amide bonds. The number of hydrogen-bond donors (Lipinski definition) is 1. The van der Waals surface area contributed by atoms with Gasteiger partial charge >= 0.3 is 0 Å². The van der Waals surface area contributed by atoms with Gasteiger partial charge in [-0.15, -0.1) is 16.4 Å². The molecule has 3 aromatic rings. The molecule has 126 valence electrons. The molecule has 1 aromatic carbocycles. The Kier molecular flexibility index (Phi) is 4.53. The fraction of sp³-hybridized carbons (Fsp3) is 0.353. The van der Waals surface area contributed by atoms with E-state index in [1.807, 2.05) is 36.6 Å². The molecule has 2 aromatic heterocycles. The number of carbonyl (C=O) groups is 1. The van der Waals surface area contributed by atoms with E-state index in [4.69, 9.17) is 4.74 Å². The minimum Gasteiger partial charge on any atom is -0.481 e. The van der Waals surface area contributed by atoms with Crippen LogP contribution in [0.25, 0.3) is 4.96 Å². The summed E-state index contributed by atoms with van der Waals surface area (Å²) in [7, 11) is 0. The lowest BCUT2D eigenvalue weighted by atomic mass is 10.0. The third kappa shape index (κ3) is 3.26. The van der Waals surface area contributed by atoms with E-state index in [0.717, 1.165) is 22.0 Å². The van der Waals surface area contributed by atoms with Crippen molar-refractivity contribution in [3.63, 3.8) is 0 Å². The molecule has 3 rings (SSSR count). The predicted octanol–water partition coefficient (Wildman–Crippen LogP) is 3.63. The zero-order chi connectivity index (χ0) is 17.3. The lowest BCUT2D eigenvalue weighted by Crippen LogP contribution is -2.31. The maximum Gasteiger partial charge on any atom is 0.267 e. The van der Waals surface area contributed by atoms with Gasteiger partial charge in [0.2, 0.25) is 4.96 Å². The quantitative estimate of drug-likeness (QED) is 0.767. The summed E-state index contributed by atoms with van der Waals surface area (Å²) in [5.74, 6) is 1.07. The van der Waals surface area contributed by atoms with Crippen LogP contribution in [0.15, 0.2) is 29.6 Å². The number of fused-ring (bicyclic) bond motifs is 1. The number of amides is 1. The third-order valence-electron chi connectivity index (χ3n) is 3.70. The number of hydrogen-bond acceptors (Lipinski definition) is 5. The number of benzene rings is 1. The molecule has 0 aliphatic heterocycles. The number of anilines is 1. The fourth-order valence-corrected chi connectivity index (χ4v) is 3.16. The molecule has 1 unspecified atom stereocenters. The van der Waals surface area contributed by atoms with Crippen molar-refractivity contribution in [2.45, 2.75) is 39.7 Å². The second-order valence-electron chi connectivity index (χ2n) is 5.95. The second kappa shape index (κ2) is 6.60. The van der Waals surface area contributed by atoms with Gasteiger partial charge < -0.3 is 4.74 Å². The molecule has 0 aliphatic rings. The van der Waals surface area contributed by atoms with Gasteiger partial charge in [-0.1, -0.05) is 32.0 Å². The van der Waals surface area contributed by atoms with Crippen molar-refractivity contribution >= 4 is 28.2 Å². The van der Waals surface area contributed by atoms with Crippen LogP contribution in [0.2, 0.25) is 0 Å². The summed E-state index contributed by atoms with van der Waals surface area (Å²) < 4.78 is 7.56. The number of aromatic nitrogens is 3. The molecule has 6 nitrogen and oxygen atoms in total. The lowest BCUT2D eigenvalue weighted by Gasteiger charge is -2.18. The van der Waals surface area contributed by atoms with Gasteiger partial charge in [-0.25, -0.2) is 4.52 Å². The van der Waals surface area contributed by atoms with Crippen molar-refractivity contribution in [2.24, 2.45) is 0 Å². The van der Waals surface area contributed by atoms with Gasteiger partial charge in [0.15, 0.2) is 6.10 Å². The Labute approximate surface area is 144 Å². The molecule has 0 fully saturated rings. The van der Waals surface area contributed by atoms with E-state index in [1.54, 1.807) is 11.4 Å². The van der Waals surface area contributed by atoms with Crippen molar-refractivity contribution in [1.29, 1.82) is 0 Å². The SMILES string of the molecule is Cc1csc2nc(NC(=O)C(C)Oc3ccccc3C(C)C)nn12. The first-order valence-electron chi connectivity index (χ1n) is 7.83. The average Bonchev–Trinajstić information content (AvgIpc) is 3.09. The van der Waals surface area contributed by atoms with Crippen molar-refractivity contribution in [3.8, 4) is 5.75 Å². The number of rotatable bonds is 5. The highest BCUT2D eigenvalue weighted by molar-refractivity contribution is 7.15. The van der Waals surface area contributed by atoms with Crippen molar-refractivity contribution in [2.75, 3.05) is 5.32 Å². The number of para-hydroxylation sites is 1. The molecule has 1 atom stereocenters. The highest BCUT2D eigenvalue weighted by atomic mass is 32.1. The van der Waals surface area contributed by atoms with Gasteiger partial charge in [0.05, 0.1) is 5.69 Å². The molecular formula is C17H20N4O2S. The molecule has 24 heavy (non-hydrogen) atoms. The summed E-state index contributed by atoms with van der Waals surface area (Å²) in [6, 6.07) is 7.77. The molecular weight excluding hydrogens is 324 g/mol. The van der Waals surface area contributed by atoms with Gasteiger partial charge in [0.25, 0.3) is 11.9 Å². The summed E-state index contributed by atoms with van der Waals surface area (Å²) in [4.78, 5) is 17.4. The predicted molar refractivity (Wildman–Crippen MR) is 94.9 cm³/mol. The summed E-state index contributed by atoms with van der Waals surface area (Å²) in [5.41, 5.74) is 2.06. The van der Waals surface area contributed by atoms with Gasteiger partial charge in [-0.3, -0.25) is 10.1 Å². The summed E-state index contributed by atoms with van der Waals surface area (Å²) in [6.07, 6.45) is -0.646. The average molecular weight is 344 g/mol. The standard InChI is InChI=1S/C17H20N4O2S/c1-10(2)13-7-5-6-8-14(13)23-12(4)15(22)18-16-19-17-21(20-16)11(3)9-24-17/h5-10,12H,1-4H3,(H,18,20,22). The molecule has 0 saturated heterocycles. The minimum absolute atomic E-state index is 0.274. The molecule has 2 heterocycles. The molecule has 1 N–H and O–H groups in total. The van der Waals surface area contributed by atoms with Crippen LogP contribution < -0.4 is 10.1 Å². The Morgan fingerprint density at radius 2 is 2.04 bits per heavy atom. The number of nitrogens with one attached hydrogen (secondary N) is 1. The monoisotopic (exact) mass is 344 g/mol. The highest BCUT2D eigenvalue weighted by Crippen LogP contribution is 2.26. The van der Waals surface area contributed by atoms with Crippen LogP contribution in [-0.4, -0.2) is 26.6 Å². The van der Waals surface area contributed by atoms with Crippen molar-refractivity contribution in [3.05, 3.63) is 40.9 Å². The van der Waals surface area contributed by atoms with E-state index < -0.39 is 6.10 Å². The van der Waals surface area contributed by atoms with Gasteiger partial charge in [-0.2, -0.15) is 4.98 Å². The number of thiazole rings is 1. The fourth-order valence-electron chi connectivity index (χ4n) is 2.37. The van der Waals surface area contributed by atoms with Gasteiger partial charge in [0, 0.05) is 5.38 Å². The Morgan fingerprint density at radius 1 is 1.29 bits per heavy atom. The molecule has 0 spiro atoms. The van der Waals surface area contributed by atoms with Crippen LogP contribution in [0, 0.1) is 6.92 Å². The smallest absolute Gasteiger partial charge is 0.267 e. The van der Waals surface area contributed by atoms with Crippen LogP contribution in [0.5, 0.6) is 5.75 Å². The van der Waals surface area contributed by atoms with E-state index in [0.29, 0.717) is 11.9 Å². The van der Waals surface area contributed by atoms with Crippen LogP contribution in [-0.2, 0) is 4.79 Å². The topological polar surface area (TPSA) is 68.5 Å². The second-order valence-corrected chi connectivity index (χ2v) is 6.79. The summed E-state index contributed by atoms with van der Waals surface area (Å²) in [6.45, 7) is 7.85. The number of aryl methyl sites for hydroxylation is 1. The number of carbonyl (C=O) groups excluding carboxylic acids is 1. The molecule has 0 bridgehead atoms. The Balaban J connectivity index is 1.70. The van der Waals surface area contributed by atoms with E-state index >= 15 is 0 Å². The van der Waals surface area contributed by atoms with Crippen LogP contribution in [0.3, 0.4) is 0 Å². The normalized spacial score (nSPS) is 12.5. The third-order valence-corrected chi connectivity index (χ3v) is 4.63. The highest BCUT2D eigenvalue weighted by Gasteiger charge is 2.19. The number of ether oxygens (including phenoxy) is 1. The van der Waals surface area contributed by atoms with E-state index in [9.17, 15) is 4.79 Å². The van der Waals surface area contributed by atoms with Crippen molar-refractivity contribution in [1.82, 2.24) is 14.6 Å². The van der Waals surface area contributed by atoms with Crippen LogP contribution in [0.4, 0.5) is 5.95 Å². The first kappa shape index (κ1) is 16.4. The minimum atomic E-state index is -0.646. The largest absolute Gasteiger partial charge is 0.481 e. The maximum atomic E-state index is 12.4. The van der Waals surface area contributed by atoms with Crippen molar-refractivity contribution < 1.29 is 9.53 Å². The Morgan fingerprint density at radius 3 is 2.75 bits per heavy atom. The zero-order valence-electron chi connectivity index (χ0n) is 14.1.